The van der Waals surface area contributed by atoms with Crippen molar-refractivity contribution in [2.75, 3.05) is 14.2 Å². The van der Waals surface area contributed by atoms with Gasteiger partial charge in [0.15, 0.2) is 11.5 Å². The van der Waals surface area contributed by atoms with Gasteiger partial charge in [0.25, 0.3) is 10.0 Å². The third-order valence-corrected chi connectivity index (χ3v) is 6.83. The number of methoxy groups -OCH3 is 2. The van der Waals surface area contributed by atoms with Crippen LogP contribution < -0.4 is 9.47 Å². The van der Waals surface area contributed by atoms with Gasteiger partial charge in [0.2, 0.25) is 0 Å². The number of benzene rings is 3. The van der Waals surface area contributed by atoms with E-state index in [-0.39, 0.29) is 10.7 Å². The van der Waals surface area contributed by atoms with Crippen LogP contribution in [0.4, 0.5) is 4.39 Å². The van der Waals surface area contributed by atoms with E-state index < -0.39 is 16.1 Å². The summed E-state index contributed by atoms with van der Waals surface area (Å²) in [5.74, 6) is 0.694. The lowest BCUT2D eigenvalue weighted by molar-refractivity contribution is 0.355. The number of hydrogen-bond acceptors (Lipinski definition) is 5. The Labute approximate surface area is 180 Å². The van der Waals surface area contributed by atoms with Gasteiger partial charge in [-0.05, 0) is 48.0 Å². The van der Waals surface area contributed by atoms with Crippen molar-refractivity contribution in [3.8, 4) is 11.5 Å². The molecule has 0 N–H and O–H groups in total. The average molecular weight is 440 g/mol. The molecule has 0 fully saturated rings. The van der Waals surface area contributed by atoms with Crippen LogP contribution in [0.1, 0.15) is 23.6 Å². The molecular formula is C23H21FN2O4S. The first kappa shape index (κ1) is 20.9. The zero-order valence-electron chi connectivity index (χ0n) is 17.0. The minimum atomic E-state index is -3.92. The Kier molecular flexibility index (Phi) is 5.65. The lowest BCUT2D eigenvalue weighted by Gasteiger charge is -2.23. The van der Waals surface area contributed by atoms with Gasteiger partial charge in [0, 0.05) is 12.0 Å². The van der Waals surface area contributed by atoms with Crippen molar-refractivity contribution in [2.24, 2.45) is 5.10 Å². The van der Waals surface area contributed by atoms with Crippen LogP contribution >= 0.6 is 0 Å². The van der Waals surface area contributed by atoms with Crippen LogP contribution in [0, 0.1) is 5.82 Å². The molecule has 1 aliphatic heterocycles. The first-order valence-electron chi connectivity index (χ1n) is 9.59. The van der Waals surface area contributed by atoms with Gasteiger partial charge in [-0.1, -0.05) is 30.3 Å². The third kappa shape index (κ3) is 3.98. The third-order valence-electron chi connectivity index (χ3n) is 5.13. The highest BCUT2D eigenvalue weighted by molar-refractivity contribution is 7.89. The fraction of sp³-hybridized carbons (Fsp3) is 0.174. The van der Waals surface area contributed by atoms with Gasteiger partial charge in [-0.15, -0.1) is 0 Å². The maximum absolute atomic E-state index is 13.5. The predicted octanol–water partition coefficient (Wildman–Crippen LogP) is 4.38. The van der Waals surface area contributed by atoms with Gasteiger partial charge in [0.05, 0.1) is 30.9 Å². The second-order valence-corrected chi connectivity index (χ2v) is 8.77. The summed E-state index contributed by atoms with van der Waals surface area (Å²) in [6.45, 7) is 0. The molecule has 160 valence electrons. The summed E-state index contributed by atoms with van der Waals surface area (Å²) in [5.41, 5.74) is 1.95. The van der Waals surface area contributed by atoms with E-state index in [4.69, 9.17) is 9.47 Å². The Morgan fingerprint density at radius 1 is 0.935 bits per heavy atom. The van der Waals surface area contributed by atoms with Crippen LogP contribution in [0.15, 0.2) is 82.8 Å². The van der Waals surface area contributed by atoms with Crippen molar-refractivity contribution in [3.63, 3.8) is 0 Å². The van der Waals surface area contributed by atoms with E-state index in [0.29, 0.717) is 29.2 Å². The van der Waals surface area contributed by atoms with Gasteiger partial charge in [-0.2, -0.15) is 17.9 Å². The van der Waals surface area contributed by atoms with Crippen LogP contribution in [-0.2, 0) is 10.0 Å². The smallest absolute Gasteiger partial charge is 0.279 e. The van der Waals surface area contributed by atoms with Gasteiger partial charge in [-0.3, -0.25) is 0 Å². The molecule has 4 rings (SSSR count). The van der Waals surface area contributed by atoms with Gasteiger partial charge in [-0.25, -0.2) is 4.39 Å². The molecule has 0 bridgehead atoms. The molecule has 0 amide bonds. The molecule has 0 saturated carbocycles. The van der Waals surface area contributed by atoms with E-state index in [9.17, 15) is 12.8 Å². The topological polar surface area (TPSA) is 68.2 Å². The van der Waals surface area contributed by atoms with E-state index in [1.54, 1.807) is 55.6 Å². The van der Waals surface area contributed by atoms with E-state index in [1.807, 2.05) is 0 Å². The Hall–Kier alpha value is -3.39. The number of hydrazone groups is 1. The molecule has 1 heterocycles. The number of halogens is 1. The Morgan fingerprint density at radius 3 is 2.26 bits per heavy atom. The van der Waals surface area contributed by atoms with Gasteiger partial charge >= 0.3 is 0 Å². The van der Waals surface area contributed by atoms with E-state index in [1.165, 1.54) is 31.4 Å². The summed E-state index contributed by atoms with van der Waals surface area (Å²) in [5, 5.41) is 4.49. The van der Waals surface area contributed by atoms with E-state index >= 15 is 0 Å². The van der Waals surface area contributed by atoms with E-state index in [0.717, 1.165) is 9.98 Å². The number of hydrogen-bond donors (Lipinski definition) is 0. The molecule has 8 heteroatoms. The lowest BCUT2D eigenvalue weighted by Crippen LogP contribution is -2.27. The van der Waals surface area contributed by atoms with Crippen LogP contribution in [0.2, 0.25) is 0 Å². The van der Waals surface area contributed by atoms with Gasteiger partial charge in [0.1, 0.15) is 5.82 Å². The summed E-state index contributed by atoms with van der Waals surface area (Å²) >= 11 is 0. The normalized spacial score (nSPS) is 16.2. The number of sulfonamides is 1. The van der Waals surface area contributed by atoms with Crippen LogP contribution in [0.5, 0.6) is 11.5 Å². The lowest BCUT2D eigenvalue weighted by atomic mass is 9.99. The standard InChI is InChI=1S/C23H21FN2O4S/c1-29-22-13-10-17(14-23(22)30-2)20-15-21(16-8-11-18(24)12-9-16)26(25-20)31(27,28)19-6-4-3-5-7-19/h3-14,21H,15H2,1-2H3. The molecule has 1 aliphatic rings. The molecule has 1 unspecified atom stereocenters. The number of nitrogens with zero attached hydrogens (tertiary/aromatic N) is 2. The summed E-state index contributed by atoms with van der Waals surface area (Å²) in [4.78, 5) is 0.138. The minimum Gasteiger partial charge on any atom is -0.493 e. The highest BCUT2D eigenvalue weighted by atomic mass is 32.2. The molecule has 0 spiro atoms. The summed E-state index contributed by atoms with van der Waals surface area (Å²) in [7, 11) is -0.841. The molecule has 0 saturated heterocycles. The maximum atomic E-state index is 13.5. The molecule has 6 nitrogen and oxygen atoms in total. The summed E-state index contributed by atoms with van der Waals surface area (Å²) < 4.78 is 52.0. The Balaban J connectivity index is 1.80. The monoisotopic (exact) mass is 440 g/mol. The largest absolute Gasteiger partial charge is 0.493 e. The second-order valence-electron chi connectivity index (χ2n) is 6.98. The first-order valence-corrected chi connectivity index (χ1v) is 11.0. The second kappa shape index (κ2) is 8.39. The highest BCUT2D eigenvalue weighted by Crippen LogP contribution is 2.38. The fourth-order valence-corrected chi connectivity index (χ4v) is 4.99. The molecule has 0 radical (unpaired) electrons. The molecule has 3 aromatic rings. The van der Waals surface area contributed by atoms with Crippen molar-refractivity contribution >= 4 is 15.7 Å². The Bertz CT molecular complexity index is 1210. The first-order chi connectivity index (χ1) is 14.9. The van der Waals surface area contributed by atoms with Crippen molar-refractivity contribution < 1.29 is 22.3 Å². The molecule has 3 aromatic carbocycles. The quantitative estimate of drug-likeness (QED) is 0.570. The van der Waals surface area contributed by atoms with Crippen molar-refractivity contribution in [2.45, 2.75) is 17.4 Å². The van der Waals surface area contributed by atoms with Crippen molar-refractivity contribution in [1.82, 2.24) is 4.41 Å². The molecule has 0 aliphatic carbocycles. The Morgan fingerprint density at radius 2 is 1.61 bits per heavy atom. The summed E-state index contributed by atoms with van der Waals surface area (Å²) in [6.07, 6.45) is 0.327. The van der Waals surface area contributed by atoms with Crippen LogP contribution in [-0.4, -0.2) is 32.8 Å². The zero-order chi connectivity index (χ0) is 22.0. The van der Waals surface area contributed by atoms with Crippen LogP contribution in [0.3, 0.4) is 0 Å². The van der Waals surface area contributed by atoms with Crippen molar-refractivity contribution in [3.05, 3.63) is 89.7 Å². The van der Waals surface area contributed by atoms with Crippen LogP contribution in [0.25, 0.3) is 0 Å². The number of rotatable bonds is 6. The molecule has 0 aromatic heterocycles. The molecular weight excluding hydrogens is 419 g/mol. The zero-order valence-corrected chi connectivity index (χ0v) is 17.8. The highest BCUT2D eigenvalue weighted by Gasteiger charge is 2.37. The predicted molar refractivity (Wildman–Crippen MR) is 115 cm³/mol. The molecule has 31 heavy (non-hydrogen) atoms. The van der Waals surface area contributed by atoms with Gasteiger partial charge < -0.3 is 9.47 Å². The van der Waals surface area contributed by atoms with E-state index in [2.05, 4.69) is 5.10 Å². The SMILES string of the molecule is COc1ccc(C2=NN(S(=O)(=O)c3ccccc3)C(c3ccc(F)cc3)C2)cc1OC. The minimum absolute atomic E-state index is 0.138. The fourth-order valence-electron chi connectivity index (χ4n) is 3.53. The number of ether oxygens (including phenoxy) is 2. The van der Waals surface area contributed by atoms with Crippen molar-refractivity contribution in [1.29, 1.82) is 0 Å². The maximum Gasteiger partial charge on any atom is 0.279 e. The molecule has 1 atom stereocenters. The summed E-state index contributed by atoms with van der Waals surface area (Å²) in [6, 6.07) is 18.6. The average Bonchev–Trinajstić information content (AvgIpc) is 3.26.